The summed E-state index contributed by atoms with van der Waals surface area (Å²) in [5.74, 6) is 0.708. The fourth-order valence-corrected chi connectivity index (χ4v) is 1.80. The van der Waals surface area contributed by atoms with Gasteiger partial charge >= 0.3 is 6.01 Å². The summed E-state index contributed by atoms with van der Waals surface area (Å²) in [5.41, 5.74) is 8.40. The average Bonchev–Trinajstić information content (AvgIpc) is 2.46. The lowest BCUT2D eigenvalue weighted by Gasteiger charge is -2.07. The zero-order chi connectivity index (χ0) is 14.4. The van der Waals surface area contributed by atoms with Crippen molar-refractivity contribution in [3.8, 4) is 11.8 Å². The average molecular weight is 273 g/mol. The van der Waals surface area contributed by atoms with E-state index in [4.69, 9.17) is 15.2 Å². The summed E-state index contributed by atoms with van der Waals surface area (Å²) in [6.07, 6.45) is 0.884. The van der Waals surface area contributed by atoms with Crippen molar-refractivity contribution in [3.63, 3.8) is 0 Å². The molecule has 0 aliphatic carbocycles. The van der Waals surface area contributed by atoms with Gasteiger partial charge in [-0.2, -0.15) is 4.98 Å². The zero-order valence-electron chi connectivity index (χ0n) is 11.8. The van der Waals surface area contributed by atoms with E-state index in [1.165, 1.54) is 5.56 Å². The third kappa shape index (κ3) is 4.01. The molecule has 0 aliphatic rings. The minimum Gasteiger partial charge on any atom is -0.424 e. The highest BCUT2D eigenvalue weighted by atomic mass is 16.5. The fraction of sp³-hybridized carbons (Fsp3) is 0.333. The van der Waals surface area contributed by atoms with Gasteiger partial charge in [0.05, 0.1) is 12.3 Å². The van der Waals surface area contributed by atoms with E-state index in [1.807, 2.05) is 37.3 Å². The largest absolute Gasteiger partial charge is 0.424 e. The SMILES string of the molecule is COCCc1ccc(Oc2nc(C)cc(CN)n2)cc1. The molecule has 0 amide bonds. The Balaban J connectivity index is 2.07. The van der Waals surface area contributed by atoms with Crippen LogP contribution in [0.3, 0.4) is 0 Å². The minimum atomic E-state index is 0.329. The van der Waals surface area contributed by atoms with E-state index in [9.17, 15) is 0 Å². The lowest BCUT2D eigenvalue weighted by molar-refractivity contribution is 0.202. The quantitative estimate of drug-likeness (QED) is 0.874. The van der Waals surface area contributed by atoms with Crippen molar-refractivity contribution in [3.05, 3.63) is 47.3 Å². The molecular formula is C15H19N3O2. The molecule has 0 saturated carbocycles. The Morgan fingerprint density at radius 1 is 1.15 bits per heavy atom. The Labute approximate surface area is 118 Å². The molecule has 1 aromatic heterocycles. The number of rotatable bonds is 6. The molecule has 0 aliphatic heterocycles. The van der Waals surface area contributed by atoms with Crippen LogP contribution >= 0.6 is 0 Å². The lowest BCUT2D eigenvalue weighted by atomic mass is 10.1. The second kappa shape index (κ2) is 6.98. The first kappa shape index (κ1) is 14.4. The second-order valence-corrected chi connectivity index (χ2v) is 4.48. The predicted molar refractivity (Wildman–Crippen MR) is 76.8 cm³/mol. The maximum absolute atomic E-state index is 5.65. The topological polar surface area (TPSA) is 70.3 Å². The van der Waals surface area contributed by atoms with E-state index >= 15 is 0 Å². The van der Waals surface area contributed by atoms with Gasteiger partial charge in [-0.05, 0) is 37.1 Å². The number of nitrogens with two attached hydrogens (primary N) is 1. The van der Waals surface area contributed by atoms with Crippen LogP contribution in [-0.2, 0) is 17.7 Å². The highest BCUT2D eigenvalue weighted by Gasteiger charge is 2.04. The number of hydrogen-bond donors (Lipinski definition) is 1. The Morgan fingerprint density at radius 3 is 2.55 bits per heavy atom. The Kier molecular flexibility index (Phi) is 5.03. The molecule has 2 N–H and O–H groups in total. The minimum absolute atomic E-state index is 0.329. The van der Waals surface area contributed by atoms with E-state index in [0.29, 0.717) is 24.9 Å². The van der Waals surface area contributed by atoms with Gasteiger partial charge in [-0.25, -0.2) is 4.98 Å². The van der Waals surface area contributed by atoms with Crippen LogP contribution in [0.15, 0.2) is 30.3 Å². The predicted octanol–water partition coefficient (Wildman–Crippen LogP) is 2.22. The summed E-state index contributed by atoms with van der Waals surface area (Å²) < 4.78 is 10.7. The normalized spacial score (nSPS) is 10.6. The summed E-state index contributed by atoms with van der Waals surface area (Å²) in [7, 11) is 1.70. The molecule has 106 valence electrons. The van der Waals surface area contributed by atoms with Gasteiger partial charge in [-0.15, -0.1) is 0 Å². The van der Waals surface area contributed by atoms with Crippen molar-refractivity contribution in [2.24, 2.45) is 5.73 Å². The van der Waals surface area contributed by atoms with Gasteiger partial charge < -0.3 is 15.2 Å². The Morgan fingerprint density at radius 2 is 1.90 bits per heavy atom. The standard InChI is InChI=1S/C15H19N3O2/c1-11-9-13(10-16)18-15(17-11)20-14-5-3-12(4-6-14)7-8-19-2/h3-6,9H,7-8,10,16H2,1-2H3. The van der Waals surface area contributed by atoms with E-state index in [2.05, 4.69) is 9.97 Å². The summed E-state index contributed by atoms with van der Waals surface area (Å²) in [6, 6.07) is 10.00. The number of methoxy groups -OCH3 is 1. The first-order valence-electron chi connectivity index (χ1n) is 6.51. The van der Waals surface area contributed by atoms with Crippen molar-refractivity contribution in [1.82, 2.24) is 9.97 Å². The van der Waals surface area contributed by atoms with Gasteiger partial charge in [0.2, 0.25) is 0 Å². The third-order valence-corrected chi connectivity index (χ3v) is 2.82. The molecule has 0 atom stereocenters. The van der Waals surface area contributed by atoms with Crippen LogP contribution in [0.4, 0.5) is 0 Å². The van der Waals surface area contributed by atoms with Gasteiger partial charge in [0, 0.05) is 19.3 Å². The third-order valence-electron chi connectivity index (χ3n) is 2.82. The van der Waals surface area contributed by atoms with Gasteiger partial charge in [0.25, 0.3) is 0 Å². The Hall–Kier alpha value is -1.98. The van der Waals surface area contributed by atoms with E-state index in [1.54, 1.807) is 7.11 Å². The number of hydrogen-bond acceptors (Lipinski definition) is 5. The molecule has 20 heavy (non-hydrogen) atoms. The molecule has 1 aromatic carbocycles. The molecular weight excluding hydrogens is 254 g/mol. The highest BCUT2D eigenvalue weighted by molar-refractivity contribution is 5.29. The van der Waals surface area contributed by atoms with Crippen molar-refractivity contribution in [2.75, 3.05) is 13.7 Å². The summed E-state index contributed by atoms with van der Waals surface area (Å²) in [6.45, 7) is 2.97. The molecule has 2 aromatic rings. The maximum Gasteiger partial charge on any atom is 0.322 e. The van der Waals surface area contributed by atoms with Crippen molar-refractivity contribution >= 4 is 0 Å². The number of nitrogens with zero attached hydrogens (tertiary/aromatic N) is 2. The zero-order valence-corrected chi connectivity index (χ0v) is 11.8. The molecule has 5 heteroatoms. The lowest BCUT2D eigenvalue weighted by Crippen LogP contribution is -2.03. The van der Waals surface area contributed by atoms with Crippen LogP contribution in [0.1, 0.15) is 17.0 Å². The number of aryl methyl sites for hydroxylation is 1. The Bertz CT molecular complexity index is 556. The molecule has 0 spiro atoms. The maximum atomic E-state index is 5.65. The smallest absolute Gasteiger partial charge is 0.322 e. The van der Waals surface area contributed by atoms with E-state index in [-0.39, 0.29) is 0 Å². The van der Waals surface area contributed by atoms with Gasteiger partial charge in [0.15, 0.2) is 0 Å². The monoisotopic (exact) mass is 273 g/mol. The highest BCUT2D eigenvalue weighted by Crippen LogP contribution is 2.19. The van der Waals surface area contributed by atoms with Gasteiger partial charge in [0.1, 0.15) is 5.75 Å². The van der Waals surface area contributed by atoms with Crippen molar-refractivity contribution in [2.45, 2.75) is 19.9 Å². The first-order valence-corrected chi connectivity index (χ1v) is 6.51. The number of aromatic nitrogens is 2. The first-order chi connectivity index (χ1) is 9.71. The van der Waals surface area contributed by atoms with Crippen LogP contribution in [0, 0.1) is 6.92 Å². The van der Waals surface area contributed by atoms with Crippen LogP contribution in [0.5, 0.6) is 11.8 Å². The van der Waals surface area contributed by atoms with Gasteiger partial charge in [-0.3, -0.25) is 0 Å². The van der Waals surface area contributed by atoms with Crippen LogP contribution < -0.4 is 10.5 Å². The molecule has 1 heterocycles. The van der Waals surface area contributed by atoms with Crippen LogP contribution in [0.2, 0.25) is 0 Å². The summed E-state index contributed by atoms with van der Waals surface area (Å²) in [5, 5.41) is 0. The summed E-state index contributed by atoms with van der Waals surface area (Å²) in [4.78, 5) is 8.48. The molecule has 2 rings (SSSR count). The number of ether oxygens (including phenoxy) is 2. The molecule has 0 fully saturated rings. The molecule has 0 unspecified atom stereocenters. The molecule has 0 bridgehead atoms. The molecule has 5 nitrogen and oxygen atoms in total. The number of benzene rings is 1. The van der Waals surface area contributed by atoms with Crippen molar-refractivity contribution < 1.29 is 9.47 Å². The van der Waals surface area contributed by atoms with Crippen LogP contribution in [-0.4, -0.2) is 23.7 Å². The fourth-order valence-electron chi connectivity index (χ4n) is 1.80. The second-order valence-electron chi connectivity index (χ2n) is 4.48. The van der Waals surface area contributed by atoms with Gasteiger partial charge in [-0.1, -0.05) is 12.1 Å². The van der Waals surface area contributed by atoms with E-state index < -0.39 is 0 Å². The van der Waals surface area contributed by atoms with Crippen LogP contribution in [0.25, 0.3) is 0 Å². The summed E-state index contributed by atoms with van der Waals surface area (Å²) >= 11 is 0. The molecule has 0 saturated heterocycles. The molecule has 0 radical (unpaired) electrons. The van der Waals surface area contributed by atoms with E-state index in [0.717, 1.165) is 17.8 Å². The van der Waals surface area contributed by atoms with Crippen molar-refractivity contribution in [1.29, 1.82) is 0 Å².